The van der Waals surface area contributed by atoms with E-state index in [9.17, 15) is 0 Å². The van der Waals surface area contributed by atoms with E-state index in [0.717, 1.165) is 16.6 Å². The van der Waals surface area contributed by atoms with Crippen molar-refractivity contribution in [3.8, 4) is 6.07 Å². The predicted octanol–water partition coefficient (Wildman–Crippen LogP) is 2.12. The van der Waals surface area contributed by atoms with Gasteiger partial charge in [-0.25, -0.2) is 4.98 Å². The van der Waals surface area contributed by atoms with E-state index in [4.69, 9.17) is 11.0 Å². The van der Waals surface area contributed by atoms with Crippen molar-refractivity contribution in [2.45, 2.75) is 19.9 Å². The first-order chi connectivity index (χ1) is 7.95. The second-order valence-corrected chi connectivity index (χ2v) is 4.91. The molecule has 0 spiro atoms. The van der Waals surface area contributed by atoms with Crippen LogP contribution in [0.2, 0.25) is 0 Å². The smallest absolute Gasteiger partial charge is 0.0955 e. The van der Waals surface area contributed by atoms with E-state index in [1.165, 1.54) is 0 Å². The molecule has 0 fully saturated rings. The first kappa shape index (κ1) is 11.6. The van der Waals surface area contributed by atoms with Gasteiger partial charge in [-0.05, 0) is 31.5 Å². The van der Waals surface area contributed by atoms with Crippen LogP contribution in [0.25, 0.3) is 11.0 Å². The SMILES string of the molecule is Cn1cnc2cc(C(N)C(C)(C)C#N)ccc21. The Hall–Kier alpha value is -1.86. The molecule has 1 heterocycles. The van der Waals surface area contributed by atoms with Crippen LogP contribution in [0.3, 0.4) is 0 Å². The van der Waals surface area contributed by atoms with E-state index < -0.39 is 5.41 Å². The molecule has 17 heavy (non-hydrogen) atoms. The molecule has 0 amide bonds. The number of benzene rings is 1. The third-order valence-electron chi connectivity index (χ3n) is 3.17. The molecule has 0 bridgehead atoms. The minimum absolute atomic E-state index is 0.307. The van der Waals surface area contributed by atoms with E-state index in [0.29, 0.717) is 0 Å². The Morgan fingerprint density at radius 1 is 1.47 bits per heavy atom. The maximum Gasteiger partial charge on any atom is 0.0955 e. The van der Waals surface area contributed by atoms with Gasteiger partial charge >= 0.3 is 0 Å². The summed E-state index contributed by atoms with van der Waals surface area (Å²) in [7, 11) is 1.95. The summed E-state index contributed by atoms with van der Waals surface area (Å²) in [5.74, 6) is 0. The zero-order chi connectivity index (χ0) is 12.6. The summed E-state index contributed by atoms with van der Waals surface area (Å²) >= 11 is 0. The Balaban J connectivity index is 2.47. The molecule has 1 atom stereocenters. The van der Waals surface area contributed by atoms with Gasteiger partial charge in [0.1, 0.15) is 0 Å². The number of nitrogens with two attached hydrogens (primary N) is 1. The summed E-state index contributed by atoms with van der Waals surface area (Å²) < 4.78 is 1.96. The highest BCUT2D eigenvalue weighted by Crippen LogP contribution is 2.31. The van der Waals surface area contributed by atoms with Crippen molar-refractivity contribution in [2.75, 3.05) is 0 Å². The second-order valence-electron chi connectivity index (χ2n) is 4.91. The lowest BCUT2D eigenvalue weighted by atomic mass is 9.82. The molecule has 1 aromatic heterocycles. The van der Waals surface area contributed by atoms with E-state index in [1.54, 1.807) is 6.33 Å². The minimum Gasteiger partial charge on any atom is -0.334 e. The topological polar surface area (TPSA) is 67.6 Å². The van der Waals surface area contributed by atoms with Crippen molar-refractivity contribution < 1.29 is 0 Å². The van der Waals surface area contributed by atoms with Gasteiger partial charge in [0.05, 0.1) is 28.8 Å². The standard InChI is InChI=1S/C13H16N4/c1-13(2,7-14)12(15)9-4-5-11-10(6-9)16-8-17(11)3/h4-6,8,12H,15H2,1-3H3. The lowest BCUT2D eigenvalue weighted by molar-refractivity contribution is 0.394. The maximum atomic E-state index is 9.09. The molecular weight excluding hydrogens is 212 g/mol. The number of aromatic nitrogens is 2. The van der Waals surface area contributed by atoms with Gasteiger partial charge in [0.25, 0.3) is 0 Å². The molecule has 0 radical (unpaired) electrons. The zero-order valence-corrected chi connectivity index (χ0v) is 10.3. The maximum absolute atomic E-state index is 9.09. The average Bonchev–Trinajstić information content (AvgIpc) is 2.69. The fraction of sp³-hybridized carbons (Fsp3) is 0.385. The highest BCUT2D eigenvalue weighted by atomic mass is 15.0. The van der Waals surface area contributed by atoms with E-state index in [2.05, 4.69) is 11.1 Å². The predicted molar refractivity (Wildman–Crippen MR) is 67.0 cm³/mol. The molecular formula is C13H16N4. The molecule has 88 valence electrons. The van der Waals surface area contributed by atoms with Crippen LogP contribution in [0.4, 0.5) is 0 Å². The first-order valence-electron chi connectivity index (χ1n) is 5.53. The number of nitriles is 1. The Labute approximate surface area is 101 Å². The molecule has 1 unspecified atom stereocenters. The molecule has 2 rings (SSSR count). The molecule has 0 aliphatic heterocycles. The molecule has 2 N–H and O–H groups in total. The highest BCUT2D eigenvalue weighted by Gasteiger charge is 2.27. The Bertz CT molecular complexity index is 589. The van der Waals surface area contributed by atoms with Crippen molar-refractivity contribution >= 4 is 11.0 Å². The van der Waals surface area contributed by atoms with Gasteiger partial charge in [-0.3, -0.25) is 0 Å². The first-order valence-corrected chi connectivity index (χ1v) is 5.53. The molecule has 4 nitrogen and oxygen atoms in total. The van der Waals surface area contributed by atoms with Crippen LogP contribution in [-0.2, 0) is 7.05 Å². The highest BCUT2D eigenvalue weighted by molar-refractivity contribution is 5.76. The lowest BCUT2D eigenvalue weighted by Gasteiger charge is -2.24. The number of imidazole rings is 1. The van der Waals surface area contributed by atoms with Crippen LogP contribution in [0.5, 0.6) is 0 Å². The van der Waals surface area contributed by atoms with Gasteiger partial charge < -0.3 is 10.3 Å². The summed E-state index contributed by atoms with van der Waals surface area (Å²) in [6, 6.07) is 7.85. The largest absolute Gasteiger partial charge is 0.334 e. The number of hydrogen-bond acceptors (Lipinski definition) is 3. The van der Waals surface area contributed by atoms with E-state index in [1.807, 2.05) is 43.7 Å². The van der Waals surface area contributed by atoms with Crippen LogP contribution in [0.15, 0.2) is 24.5 Å². The molecule has 0 saturated heterocycles. The average molecular weight is 228 g/mol. The Kier molecular flexibility index (Phi) is 2.64. The zero-order valence-electron chi connectivity index (χ0n) is 10.3. The summed E-state index contributed by atoms with van der Waals surface area (Å²) in [6.07, 6.45) is 1.77. The molecule has 4 heteroatoms. The molecule has 0 aliphatic rings. The lowest BCUT2D eigenvalue weighted by Crippen LogP contribution is -2.27. The third-order valence-corrected chi connectivity index (χ3v) is 3.17. The van der Waals surface area contributed by atoms with Crippen molar-refractivity contribution in [1.29, 1.82) is 5.26 Å². The Morgan fingerprint density at radius 3 is 2.82 bits per heavy atom. The number of hydrogen-bond donors (Lipinski definition) is 1. The van der Waals surface area contributed by atoms with Crippen LogP contribution in [-0.4, -0.2) is 9.55 Å². The molecule has 1 aromatic carbocycles. The number of aryl methyl sites for hydroxylation is 1. The van der Waals surface area contributed by atoms with Crippen LogP contribution in [0, 0.1) is 16.7 Å². The summed E-state index contributed by atoms with van der Waals surface area (Å²) in [5, 5.41) is 9.09. The van der Waals surface area contributed by atoms with Gasteiger partial charge in [0.15, 0.2) is 0 Å². The number of nitrogens with zero attached hydrogens (tertiary/aromatic N) is 3. The molecule has 0 saturated carbocycles. The van der Waals surface area contributed by atoms with Gasteiger partial charge in [0.2, 0.25) is 0 Å². The van der Waals surface area contributed by atoms with Gasteiger partial charge in [0, 0.05) is 13.1 Å². The number of rotatable bonds is 2. The number of fused-ring (bicyclic) bond motifs is 1. The minimum atomic E-state index is -0.581. The third kappa shape index (κ3) is 1.90. The van der Waals surface area contributed by atoms with Gasteiger partial charge in [-0.1, -0.05) is 6.07 Å². The fourth-order valence-corrected chi connectivity index (χ4v) is 1.83. The monoisotopic (exact) mass is 228 g/mol. The van der Waals surface area contributed by atoms with Crippen molar-refractivity contribution in [1.82, 2.24) is 9.55 Å². The normalized spacial score (nSPS) is 13.6. The quantitative estimate of drug-likeness (QED) is 0.856. The van der Waals surface area contributed by atoms with E-state index >= 15 is 0 Å². The summed E-state index contributed by atoms with van der Waals surface area (Å²) in [6.45, 7) is 3.70. The molecule has 2 aromatic rings. The van der Waals surface area contributed by atoms with Crippen LogP contribution >= 0.6 is 0 Å². The van der Waals surface area contributed by atoms with Crippen LogP contribution in [0.1, 0.15) is 25.5 Å². The summed E-state index contributed by atoms with van der Waals surface area (Å²) in [5.41, 5.74) is 8.47. The Morgan fingerprint density at radius 2 is 2.18 bits per heavy atom. The second kappa shape index (κ2) is 3.86. The van der Waals surface area contributed by atoms with Crippen molar-refractivity contribution in [2.24, 2.45) is 18.2 Å². The molecule has 0 aliphatic carbocycles. The van der Waals surface area contributed by atoms with Gasteiger partial charge in [-0.15, -0.1) is 0 Å². The van der Waals surface area contributed by atoms with Crippen molar-refractivity contribution in [3.63, 3.8) is 0 Å². The summed E-state index contributed by atoms with van der Waals surface area (Å²) in [4.78, 5) is 4.29. The van der Waals surface area contributed by atoms with Crippen molar-refractivity contribution in [3.05, 3.63) is 30.1 Å². The van der Waals surface area contributed by atoms with Crippen LogP contribution < -0.4 is 5.73 Å². The fourth-order valence-electron chi connectivity index (χ4n) is 1.83. The van der Waals surface area contributed by atoms with Gasteiger partial charge in [-0.2, -0.15) is 5.26 Å². The van der Waals surface area contributed by atoms with E-state index in [-0.39, 0.29) is 6.04 Å².